The molecule has 0 heterocycles. The molecule has 0 saturated heterocycles. The van der Waals surface area contributed by atoms with Crippen LogP contribution in [0.15, 0.2) is 18.2 Å². The molecule has 0 radical (unpaired) electrons. The quantitative estimate of drug-likeness (QED) is 0.774. The maximum atomic E-state index is 14.4. The van der Waals surface area contributed by atoms with E-state index in [2.05, 4.69) is 31.0 Å². The molecule has 0 bridgehead atoms. The number of hydrogen-bond acceptors (Lipinski definition) is 2. The predicted molar refractivity (Wildman–Crippen MR) is 83.6 cm³/mol. The van der Waals surface area contributed by atoms with Crippen LogP contribution in [-0.2, 0) is 6.54 Å². The molecule has 0 amide bonds. The Morgan fingerprint density at radius 2 is 2.10 bits per heavy atom. The Hall–Kier alpha value is -1.09. The summed E-state index contributed by atoms with van der Waals surface area (Å²) >= 11 is 0. The van der Waals surface area contributed by atoms with Gasteiger partial charge in [0.25, 0.3) is 0 Å². The average molecular weight is 278 g/mol. The fourth-order valence-electron chi connectivity index (χ4n) is 2.54. The van der Waals surface area contributed by atoms with Crippen molar-refractivity contribution in [3.8, 4) is 0 Å². The second kappa shape index (κ2) is 7.07. The van der Waals surface area contributed by atoms with Gasteiger partial charge < -0.3 is 10.2 Å². The Bertz CT molecular complexity index is 427. The average Bonchev–Trinajstić information content (AvgIpc) is 3.23. The van der Waals surface area contributed by atoms with Gasteiger partial charge in [0.15, 0.2) is 0 Å². The van der Waals surface area contributed by atoms with Crippen molar-refractivity contribution in [3.05, 3.63) is 29.6 Å². The first-order valence-electron chi connectivity index (χ1n) is 7.88. The molecule has 20 heavy (non-hydrogen) atoms. The van der Waals surface area contributed by atoms with Crippen LogP contribution in [0.25, 0.3) is 0 Å². The number of nitrogens with one attached hydrogen (secondary N) is 1. The normalized spacial score (nSPS) is 14.8. The lowest BCUT2D eigenvalue weighted by molar-refractivity contribution is 0.556. The molecule has 1 aliphatic rings. The van der Waals surface area contributed by atoms with Crippen LogP contribution < -0.4 is 10.2 Å². The summed E-state index contributed by atoms with van der Waals surface area (Å²) in [6, 6.07) is 6.01. The molecule has 112 valence electrons. The molecule has 1 aromatic carbocycles. The second-order valence-electron chi connectivity index (χ2n) is 6.13. The minimum atomic E-state index is -0.0731. The van der Waals surface area contributed by atoms with E-state index in [4.69, 9.17) is 0 Å². The molecule has 0 atom stereocenters. The van der Waals surface area contributed by atoms with Crippen LogP contribution in [0.1, 0.15) is 45.6 Å². The van der Waals surface area contributed by atoms with Crippen molar-refractivity contribution >= 4 is 5.69 Å². The van der Waals surface area contributed by atoms with Crippen LogP contribution in [-0.4, -0.2) is 19.1 Å². The van der Waals surface area contributed by atoms with E-state index < -0.39 is 0 Å². The number of benzene rings is 1. The Morgan fingerprint density at radius 1 is 1.35 bits per heavy atom. The summed E-state index contributed by atoms with van der Waals surface area (Å²) < 4.78 is 14.4. The molecule has 1 aliphatic carbocycles. The lowest BCUT2D eigenvalue weighted by Gasteiger charge is -2.28. The van der Waals surface area contributed by atoms with E-state index in [-0.39, 0.29) is 5.82 Å². The first-order valence-corrected chi connectivity index (χ1v) is 7.88. The summed E-state index contributed by atoms with van der Waals surface area (Å²) in [4.78, 5) is 2.31. The fraction of sp³-hybridized carbons (Fsp3) is 0.647. The first kappa shape index (κ1) is 15.3. The zero-order valence-corrected chi connectivity index (χ0v) is 13.0. The van der Waals surface area contributed by atoms with Gasteiger partial charge in [-0.3, -0.25) is 0 Å². The van der Waals surface area contributed by atoms with Crippen molar-refractivity contribution < 1.29 is 4.39 Å². The SMILES string of the molecule is CCNCc1cccc(F)c1N(CCC(C)C)C1CC1. The molecule has 0 aliphatic heterocycles. The highest BCUT2D eigenvalue weighted by Gasteiger charge is 2.31. The maximum absolute atomic E-state index is 14.4. The Kier molecular flexibility index (Phi) is 5.41. The number of para-hydroxylation sites is 1. The highest BCUT2D eigenvalue weighted by atomic mass is 19.1. The van der Waals surface area contributed by atoms with Crippen molar-refractivity contribution in [3.63, 3.8) is 0 Å². The number of anilines is 1. The van der Waals surface area contributed by atoms with E-state index in [9.17, 15) is 4.39 Å². The Balaban J connectivity index is 2.21. The summed E-state index contributed by atoms with van der Waals surface area (Å²) in [6.45, 7) is 9.15. The van der Waals surface area contributed by atoms with Gasteiger partial charge in [-0.15, -0.1) is 0 Å². The maximum Gasteiger partial charge on any atom is 0.146 e. The Labute approximate surface area is 122 Å². The number of rotatable bonds is 8. The summed E-state index contributed by atoms with van der Waals surface area (Å²) in [5.74, 6) is 0.580. The summed E-state index contributed by atoms with van der Waals surface area (Å²) in [5.41, 5.74) is 1.92. The molecule has 1 aromatic rings. The van der Waals surface area contributed by atoms with Gasteiger partial charge in [0.1, 0.15) is 5.82 Å². The van der Waals surface area contributed by atoms with E-state index >= 15 is 0 Å². The van der Waals surface area contributed by atoms with E-state index in [0.717, 1.165) is 37.3 Å². The minimum absolute atomic E-state index is 0.0731. The highest BCUT2D eigenvalue weighted by molar-refractivity contribution is 5.56. The minimum Gasteiger partial charge on any atom is -0.366 e. The van der Waals surface area contributed by atoms with Crippen molar-refractivity contribution in [2.24, 2.45) is 5.92 Å². The van der Waals surface area contributed by atoms with Gasteiger partial charge in [-0.25, -0.2) is 4.39 Å². The van der Waals surface area contributed by atoms with Crippen LogP contribution in [0, 0.1) is 11.7 Å². The van der Waals surface area contributed by atoms with Gasteiger partial charge in [-0.2, -0.15) is 0 Å². The first-order chi connectivity index (χ1) is 9.63. The van der Waals surface area contributed by atoms with Gasteiger partial charge in [-0.05, 0) is 43.4 Å². The van der Waals surface area contributed by atoms with Gasteiger partial charge in [0, 0.05) is 19.1 Å². The zero-order valence-electron chi connectivity index (χ0n) is 13.0. The molecular weight excluding hydrogens is 251 g/mol. The predicted octanol–water partition coefficient (Wildman–Crippen LogP) is 3.95. The van der Waals surface area contributed by atoms with Gasteiger partial charge in [0.05, 0.1) is 5.69 Å². The molecule has 0 unspecified atom stereocenters. The second-order valence-corrected chi connectivity index (χ2v) is 6.13. The molecule has 1 N–H and O–H groups in total. The van der Waals surface area contributed by atoms with E-state index in [1.807, 2.05) is 12.1 Å². The third kappa shape index (κ3) is 3.95. The fourth-order valence-corrected chi connectivity index (χ4v) is 2.54. The van der Waals surface area contributed by atoms with Gasteiger partial charge >= 0.3 is 0 Å². The third-order valence-electron chi connectivity index (χ3n) is 3.86. The number of nitrogens with zero attached hydrogens (tertiary/aromatic N) is 1. The van der Waals surface area contributed by atoms with Crippen LogP contribution in [0.2, 0.25) is 0 Å². The topological polar surface area (TPSA) is 15.3 Å². The summed E-state index contributed by atoms with van der Waals surface area (Å²) in [5, 5.41) is 3.32. The third-order valence-corrected chi connectivity index (χ3v) is 3.86. The molecule has 0 spiro atoms. The van der Waals surface area contributed by atoms with Crippen LogP contribution >= 0.6 is 0 Å². The van der Waals surface area contributed by atoms with Crippen molar-refractivity contribution in [1.29, 1.82) is 0 Å². The number of hydrogen-bond donors (Lipinski definition) is 1. The highest BCUT2D eigenvalue weighted by Crippen LogP contribution is 2.35. The van der Waals surface area contributed by atoms with Crippen molar-refractivity contribution in [2.75, 3.05) is 18.0 Å². The molecule has 3 heteroatoms. The van der Waals surface area contributed by atoms with Crippen LogP contribution in [0.3, 0.4) is 0 Å². The van der Waals surface area contributed by atoms with E-state index in [0.29, 0.717) is 12.0 Å². The zero-order chi connectivity index (χ0) is 14.5. The van der Waals surface area contributed by atoms with Crippen LogP contribution in [0.4, 0.5) is 10.1 Å². The van der Waals surface area contributed by atoms with E-state index in [1.54, 1.807) is 6.07 Å². The van der Waals surface area contributed by atoms with Crippen LogP contribution in [0.5, 0.6) is 0 Å². The molecule has 1 saturated carbocycles. The monoisotopic (exact) mass is 278 g/mol. The van der Waals surface area contributed by atoms with Crippen molar-refractivity contribution in [1.82, 2.24) is 5.32 Å². The van der Waals surface area contributed by atoms with Gasteiger partial charge in [0.2, 0.25) is 0 Å². The smallest absolute Gasteiger partial charge is 0.146 e. The van der Waals surface area contributed by atoms with E-state index in [1.165, 1.54) is 12.8 Å². The molecular formula is C17H27FN2. The van der Waals surface area contributed by atoms with Crippen molar-refractivity contribution in [2.45, 2.75) is 52.6 Å². The molecule has 2 rings (SSSR count). The summed E-state index contributed by atoms with van der Waals surface area (Å²) in [6.07, 6.45) is 3.52. The lowest BCUT2D eigenvalue weighted by Crippen LogP contribution is -2.30. The molecule has 0 aromatic heterocycles. The largest absolute Gasteiger partial charge is 0.366 e. The lowest BCUT2D eigenvalue weighted by atomic mass is 10.1. The molecule has 1 fully saturated rings. The van der Waals surface area contributed by atoms with Gasteiger partial charge in [-0.1, -0.05) is 32.9 Å². The summed E-state index contributed by atoms with van der Waals surface area (Å²) in [7, 11) is 0. The standard InChI is InChI=1S/C17H27FN2/c1-4-19-12-14-6-5-7-16(18)17(14)20(15-8-9-15)11-10-13(2)3/h5-7,13,15,19H,4,8-12H2,1-3H3. The molecule has 2 nitrogen and oxygen atoms in total. The Morgan fingerprint density at radius 3 is 2.70 bits per heavy atom. The number of halogens is 1.